The van der Waals surface area contributed by atoms with Crippen molar-refractivity contribution in [3.8, 4) is 0 Å². The van der Waals surface area contributed by atoms with Crippen LogP contribution in [0.1, 0.15) is 29.8 Å². The van der Waals surface area contributed by atoms with Crippen LogP contribution in [0.3, 0.4) is 0 Å². The lowest BCUT2D eigenvalue weighted by Crippen LogP contribution is -2.50. The van der Waals surface area contributed by atoms with Gasteiger partial charge in [-0.2, -0.15) is 4.31 Å². The molecule has 5 rings (SSSR count). The summed E-state index contributed by atoms with van der Waals surface area (Å²) in [4.78, 5) is 35.7. The highest BCUT2D eigenvalue weighted by molar-refractivity contribution is 7.89. The van der Waals surface area contributed by atoms with Crippen LogP contribution in [-0.2, 0) is 21.2 Å². The third kappa shape index (κ3) is 6.86. The van der Waals surface area contributed by atoms with Crippen molar-refractivity contribution in [1.29, 1.82) is 0 Å². The fourth-order valence-corrected chi connectivity index (χ4v) is 7.66. The van der Waals surface area contributed by atoms with Gasteiger partial charge >= 0.3 is 6.09 Å². The summed E-state index contributed by atoms with van der Waals surface area (Å²) in [5.41, 5.74) is 2.79. The number of carbonyl (C=O) groups excluding carboxylic acids is 2. The maximum atomic E-state index is 13.1. The highest BCUT2D eigenvalue weighted by Gasteiger charge is 2.30. The number of amides is 2. The van der Waals surface area contributed by atoms with Gasteiger partial charge in [-0.25, -0.2) is 18.2 Å². The average molecular weight is 615 g/mol. The van der Waals surface area contributed by atoms with Gasteiger partial charge in [-0.05, 0) is 55.3 Å². The van der Waals surface area contributed by atoms with Gasteiger partial charge in [0, 0.05) is 71.0 Å². The molecule has 1 N–H and O–H groups in total. The van der Waals surface area contributed by atoms with E-state index in [-0.39, 0.29) is 43.6 Å². The van der Waals surface area contributed by atoms with Gasteiger partial charge < -0.3 is 19.9 Å². The number of aryl methyl sites for hydroxylation is 1. The van der Waals surface area contributed by atoms with Crippen LogP contribution in [0.15, 0.2) is 47.4 Å². The van der Waals surface area contributed by atoms with E-state index < -0.39 is 16.1 Å². The van der Waals surface area contributed by atoms with Crippen molar-refractivity contribution in [2.45, 2.75) is 25.2 Å². The molecule has 0 radical (unpaired) electrons. The molecule has 2 saturated heterocycles. The van der Waals surface area contributed by atoms with E-state index in [4.69, 9.17) is 9.72 Å². The monoisotopic (exact) mass is 614 g/mol. The molecule has 42 heavy (non-hydrogen) atoms. The van der Waals surface area contributed by atoms with E-state index in [1.54, 1.807) is 18.3 Å². The molecule has 11 nitrogen and oxygen atoms in total. The Balaban J connectivity index is 1.06. The maximum Gasteiger partial charge on any atom is 0.409 e. The number of benzene rings is 2. The standard InChI is InChI=1S/C29H38N6O5S2/c1-3-22-5-10-25-26(21-22)41-28(31-25)33-15-13-32(14-16-33)12-11-30-27(36)23-6-8-24(9-7-23)42(38,39)35-19-17-34(18-20-35)29(37)40-4-2/h5-10,21H,3-4,11-20H2,1-2H3,(H,30,36). The summed E-state index contributed by atoms with van der Waals surface area (Å²) in [5, 5.41) is 4.02. The van der Waals surface area contributed by atoms with Crippen molar-refractivity contribution in [3.05, 3.63) is 53.6 Å². The zero-order valence-electron chi connectivity index (χ0n) is 24.1. The molecular weight excluding hydrogens is 576 g/mol. The number of ether oxygens (including phenoxy) is 1. The van der Waals surface area contributed by atoms with E-state index in [9.17, 15) is 18.0 Å². The first-order valence-electron chi connectivity index (χ1n) is 14.5. The lowest BCUT2D eigenvalue weighted by atomic mass is 10.2. The number of sulfonamides is 1. The largest absolute Gasteiger partial charge is 0.450 e. The summed E-state index contributed by atoms with van der Waals surface area (Å²) in [5.74, 6) is -0.235. The van der Waals surface area contributed by atoms with Crippen molar-refractivity contribution < 1.29 is 22.7 Å². The SMILES string of the molecule is CCOC(=O)N1CCN(S(=O)(=O)c2ccc(C(=O)NCCN3CCN(c4nc5ccc(CC)cc5s4)CC3)cc2)CC1. The molecule has 1 aromatic heterocycles. The van der Waals surface area contributed by atoms with Crippen LogP contribution in [0.4, 0.5) is 9.93 Å². The van der Waals surface area contributed by atoms with Gasteiger partial charge in [0.05, 0.1) is 21.7 Å². The van der Waals surface area contributed by atoms with Crippen LogP contribution in [0, 0.1) is 0 Å². The molecule has 0 spiro atoms. The number of anilines is 1. The van der Waals surface area contributed by atoms with Crippen LogP contribution in [-0.4, -0.2) is 112 Å². The van der Waals surface area contributed by atoms with Crippen molar-refractivity contribution >= 4 is 48.7 Å². The van der Waals surface area contributed by atoms with Crippen LogP contribution < -0.4 is 10.2 Å². The summed E-state index contributed by atoms with van der Waals surface area (Å²) in [7, 11) is -3.72. The first-order valence-corrected chi connectivity index (χ1v) is 16.7. The van der Waals surface area contributed by atoms with Crippen molar-refractivity contribution in [1.82, 2.24) is 24.4 Å². The van der Waals surface area contributed by atoms with E-state index in [0.29, 0.717) is 12.1 Å². The van der Waals surface area contributed by atoms with E-state index in [1.807, 2.05) is 0 Å². The maximum absolute atomic E-state index is 13.1. The van der Waals surface area contributed by atoms with Gasteiger partial charge in [-0.15, -0.1) is 0 Å². The molecule has 0 bridgehead atoms. The molecule has 13 heteroatoms. The Morgan fingerprint density at radius 2 is 1.67 bits per heavy atom. The minimum absolute atomic E-state index is 0.125. The summed E-state index contributed by atoms with van der Waals surface area (Å²) in [6, 6.07) is 12.5. The fraction of sp³-hybridized carbons (Fsp3) is 0.483. The third-order valence-electron chi connectivity index (χ3n) is 7.73. The van der Waals surface area contributed by atoms with Crippen molar-refractivity contribution in [2.24, 2.45) is 0 Å². The highest BCUT2D eigenvalue weighted by Crippen LogP contribution is 2.30. The number of carbonyl (C=O) groups is 2. The van der Waals surface area contributed by atoms with Crippen LogP contribution in [0.25, 0.3) is 10.2 Å². The number of nitrogens with zero attached hydrogens (tertiary/aromatic N) is 5. The van der Waals surface area contributed by atoms with Gasteiger partial charge in [0.1, 0.15) is 0 Å². The zero-order valence-corrected chi connectivity index (χ0v) is 25.8. The van der Waals surface area contributed by atoms with Gasteiger partial charge in [0.15, 0.2) is 5.13 Å². The normalized spacial score (nSPS) is 17.0. The lowest BCUT2D eigenvalue weighted by molar-refractivity contribution is 0.0932. The van der Waals surface area contributed by atoms with Crippen molar-refractivity contribution in [3.63, 3.8) is 0 Å². The Morgan fingerprint density at radius 3 is 2.33 bits per heavy atom. The molecule has 2 aliphatic rings. The molecule has 0 atom stereocenters. The van der Waals surface area contributed by atoms with Crippen LogP contribution in [0.2, 0.25) is 0 Å². The predicted molar refractivity (Wildman–Crippen MR) is 164 cm³/mol. The quantitative estimate of drug-likeness (QED) is 0.392. The van der Waals surface area contributed by atoms with Crippen molar-refractivity contribution in [2.75, 3.05) is 77.0 Å². The van der Waals surface area contributed by atoms with Crippen LogP contribution in [0.5, 0.6) is 0 Å². The van der Waals surface area contributed by atoms with Gasteiger partial charge in [-0.1, -0.05) is 24.3 Å². The second kappa shape index (κ2) is 13.4. The van der Waals surface area contributed by atoms with Crippen LogP contribution >= 0.6 is 11.3 Å². The van der Waals surface area contributed by atoms with Gasteiger partial charge in [0.25, 0.3) is 5.91 Å². The first-order chi connectivity index (χ1) is 20.3. The Kier molecular flexibility index (Phi) is 9.61. The highest BCUT2D eigenvalue weighted by atomic mass is 32.2. The number of rotatable bonds is 9. The summed E-state index contributed by atoms with van der Waals surface area (Å²) in [6.45, 7) is 9.92. The number of thiazole rings is 1. The van der Waals surface area contributed by atoms with Gasteiger partial charge in [-0.3, -0.25) is 9.69 Å². The second-order valence-corrected chi connectivity index (χ2v) is 13.3. The lowest BCUT2D eigenvalue weighted by Gasteiger charge is -2.34. The summed E-state index contributed by atoms with van der Waals surface area (Å²) >= 11 is 1.75. The molecule has 0 unspecified atom stereocenters. The number of piperazine rings is 2. The second-order valence-electron chi connectivity index (χ2n) is 10.4. The number of nitrogens with one attached hydrogen (secondary N) is 1. The molecule has 2 aliphatic heterocycles. The minimum Gasteiger partial charge on any atom is -0.450 e. The zero-order chi connectivity index (χ0) is 29.7. The Hall–Kier alpha value is -3.26. The molecule has 3 heterocycles. The van der Waals surface area contributed by atoms with E-state index in [0.717, 1.165) is 49.8 Å². The van der Waals surface area contributed by atoms with E-state index in [1.165, 1.54) is 43.7 Å². The van der Waals surface area contributed by atoms with E-state index >= 15 is 0 Å². The Morgan fingerprint density at radius 1 is 0.952 bits per heavy atom. The summed E-state index contributed by atoms with van der Waals surface area (Å²) < 4.78 is 33.7. The topological polar surface area (TPSA) is 115 Å². The first kappa shape index (κ1) is 30.2. The number of fused-ring (bicyclic) bond motifs is 1. The molecular formula is C29H38N6O5S2. The molecule has 0 saturated carbocycles. The summed E-state index contributed by atoms with van der Waals surface area (Å²) in [6.07, 6.45) is 0.590. The molecule has 2 amide bonds. The number of hydrogen-bond donors (Lipinski definition) is 1. The predicted octanol–water partition coefficient (Wildman–Crippen LogP) is 2.87. The fourth-order valence-electron chi connectivity index (χ4n) is 5.16. The number of aromatic nitrogens is 1. The molecule has 3 aromatic rings. The molecule has 2 aromatic carbocycles. The molecule has 226 valence electrons. The number of hydrogen-bond acceptors (Lipinski definition) is 9. The smallest absolute Gasteiger partial charge is 0.409 e. The average Bonchev–Trinajstić information content (AvgIpc) is 3.45. The van der Waals surface area contributed by atoms with Gasteiger partial charge in [0.2, 0.25) is 10.0 Å². The Bertz CT molecular complexity index is 1490. The molecule has 0 aliphatic carbocycles. The molecule has 2 fully saturated rings. The minimum atomic E-state index is -3.72. The Labute approximate surface area is 251 Å². The van der Waals surface area contributed by atoms with E-state index in [2.05, 4.69) is 40.2 Å². The third-order valence-corrected chi connectivity index (χ3v) is 10.7.